The molecule has 2 aromatic rings. The summed E-state index contributed by atoms with van der Waals surface area (Å²) in [5, 5.41) is 9.16. The summed E-state index contributed by atoms with van der Waals surface area (Å²) in [6.45, 7) is 2.62. The van der Waals surface area contributed by atoms with Crippen molar-refractivity contribution in [3.63, 3.8) is 0 Å². The molecule has 4 heteroatoms. The van der Waals surface area contributed by atoms with Crippen molar-refractivity contribution in [1.82, 2.24) is 0 Å². The molecule has 0 radical (unpaired) electrons. The van der Waals surface area contributed by atoms with Crippen molar-refractivity contribution < 1.29 is 4.74 Å². The molecule has 0 saturated carbocycles. The zero-order valence-corrected chi connectivity index (χ0v) is 12.9. The van der Waals surface area contributed by atoms with Crippen molar-refractivity contribution in [2.45, 2.75) is 16.7 Å². The van der Waals surface area contributed by atoms with Gasteiger partial charge in [-0.1, -0.05) is 23.9 Å². The Kier molecular flexibility index (Phi) is 3.76. The first-order valence-electron chi connectivity index (χ1n) is 6.85. The smallest absolute Gasteiger partial charge is 0.121 e. The highest BCUT2D eigenvalue weighted by Gasteiger charge is 2.24. The number of hydrogen-bond acceptors (Lipinski definition) is 4. The Labute approximate surface area is 129 Å². The van der Waals surface area contributed by atoms with E-state index in [2.05, 4.69) is 29.2 Å². The monoisotopic (exact) mass is 296 g/mol. The Bertz CT molecular complexity index is 708. The van der Waals surface area contributed by atoms with Crippen LogP contribution in [0, 0.1) is 17.2 Å². The average Bonchev–Trinajstić information content (AvgIpc) is 2.54. The summed E-state index contributed by atoms with van der Waals surface area (Å²) in [6.07, 6.45) is 0. The average molecular weight is 296 g/mol. The van der Waals surface area contributed by atoms with E-state index >= 15 is 0 Å². The van der Waals surface area contributed by atoms with E-state index in [1.54, 1.807) is 18.9 Å². The maximum atomic E-state index is 9.16. The number of para-hydroxylation sites is 1. The summed E-state index contributed by atoms with van der Waals surface area (Å²) in [4.78, 5) is 4.64. The quantitative estimate of drug-likeness (QED) is 0.838. The number of nitriles is 1. The second-order valence-corrected chi connectivity index (χ2v) is 6.13. The van der Waals surface area contributed by atoms with Crippen LogP contribution >= 0.6 is 11.8 Å². The minimum absolute atomic E-state index is 0.0415. The van der Waals surface area contributed by atoms with Crippen LogP contribution < -0.4 is 9.64 Å². The van der Waals surface area contributed by atoms with Crippen LogP contribution in [0.25, 0.3) is 0 Å². The molecular weight excluding hydrogens is 280 g/mol. The van der Waals surface area contributed by atoms with E-state index in [1.807, 2.05) is 31.2 Å². The molecule has 0 N–H and O–H groups in total. The first-order chi connectivity index (χ1) is 10.2. The van der Waals surface area contributed by atoms with Crippen molar-refractivity contribution >= 4 is 23.1 Å². The molecule has 1 aliphatic heterocycles. The highest BCUT2D eigenvalue weighted by molar-refractivity contribution is 7.99. The van der Waals surface area contributed by atoms with Crippen LogP contribution in [0.2, 0.25) is 0 Å². The van der Waals surface area contributed by atoms with Crippen LogP contribution in [0.15, 0.2) is 52.3 Å². The molecule has 0 aliphatic carbocycles. The van der Waals surface area contributed by atoms with Crippen molar-refractivity contribution in [2.75, 3.05) is 18.6 Å². The molecule has 0 aromatic heterocycles. The minimum atomic E-state index is -0.0415. The Morgan fingerprint density at radius 2 is 1.95 bits per heavy atom. The summed E-state index contributed by atoms with van der Waals surface area (Å²) in [7, 11) is 1.67. The van der Waals surface area contributed by atoms with Crippen LogP contribution in [0.3, 0.4) is 0 Å². The third-order valence-electron chi connectivity index (χ3n) is 3.51. The van der Waals surface area contributed by atoms with Crippen molar-refractivity contribution in [2.24, 2.45) is 5.92 Å². The fraction of sp³-hybridized carbons (Fsp3) is 0.235. The Balaban J connectivity index is 2.10. The largest absolute Gasteiger partial charge is 0.497 e. The highest BCUT2D eigenvalue weighted by Crippen LogP contribution is 2.49. The van der Waals surface area contributed by atoms with E-state index in [0.29, 0.717) is 6.54 Å². The van der Waals surface area contributed by atoms with Gasteiger partial charge >= 0.3 is 0 Å². The summed E-state index contributed by atoms with van der Waals surface area (Å²) in [6, 6.07) is 16.7. The maximum absolute atomic E-state index is 9.16. The lowest BCUT2D eigenvalue weighted by Gasteiger charge is -2.33. The molecule has 3 rings (SSSR count). The first-order valence-corrected chi connectivity index (χ1v) is 7.66. The van der Waals surface area contributed by atoms with Crippen LogP contribution in [0.5, 0.6) is 5.75 Å². The van der Waals surface area contributed by atoms with Gasteiger partial charge in [0.2, 0.25) is 0 Å². The van der Waals surface area contributed by atoms with Gasteiger partial charge in [-0.2, -0.15) is 5.26 Å². The standard InChI is InChI=1S/C17H16N2OS/c1-12(10-18)11-19-14-5-3-4-6-16(14)21-17-8-7-13(20-2)9-15(17)19/h3-9,12H,11H2,1-2H3. The van der Waals surface area contributed by atoms with Crippen molar-refractivity contribution in [3.8, 4) is 11.8 Å². The second-order valence-electron chi connectivity index (χ2n) is 5.04. The minimum Gasteiger partial charge on any atom is -0.497 e. The molecule has 0 fully saturated rings. The predicted octanol–water partition coefficient (Wildman–Crippen LogP) is 4.46. The van der Waals surface area contributed by atoms with Crippen LogP contribution in [-0.2, 0) is 0 Å². The molecule has 2 aromatic carbocycles. The lowest BCUT2D eigenvalue weighted by Crippen LogP contribution is -2.25. The van der Waals surface area contributed by atoms with E-state index in [-0.39, 0.29) is 5.92 Å². The van der Waals surface area contributed by atoms with Crippen LogP contribution in [-0.4, -0.2) is 13.7 Å². The SMILES string of the molecule is COc1ccc2c(c1)N(CC(C)C#N)c1ccccc1S2. The van der Waals surface area contributed by atoms with Gasteiger partial charge in [0.1, 0.15) is 5.75 Å². The van der Waals surface area contributed by atoms with Crippen molar-refractivity contribution in [3.05, 3.63) is 42.5 Å². The molecule has 1 unspecified atom stereocenters. The van der Waals surface area contributed by atoms with E-state index in [1.165, 1.54) is 9.79 Å². The number of nitrogens with zero attached hydrogens (tertiary/aromatic N) is 2. The molecular formula is C17H16N2OS. The van der Waals surface area contributed by atoms with Gasteiger partial charge < -0.3 is 9.64 Å². The number of hydrogen-bond donors (Lipinski definition) is 0. The lowest BCUT2D eigenvalue weighted by molar-refractivity contribution is 0.414. The number of methoxy groups -OCH3 is 1. The fourth-order valence-corrected chi connectivity index (χ4v) is 3.52. The molecule has 0 amide bonds. The van der Waals surface area contributed by atoms with E-state index in [0.717, 1.165) is 17.1 Å². The number of ether oxygens (including phenoxy) is 1. The van der Waals surface area contributed by atoms with Crippen LogP contribution in [0.1, 0.15) is 6.92 Å². The van der Waals surface area contributed by atoms with E-state index in [9.17, 15) is 0 Å². The zero-order chi connectivity index (χ0) is 14.8. The summed E-state index contributed by atoms with van der Waals surface area (Å²) >= 11 is 1.76. The van der Waals surface area contributed by atoms with E-state index in [4.69, 9.17) is 10.00 Å². The molecule has 1 atom stereocenters. The lowest BCUT2D eigenvalue weighted by atomic mass is 10.1. The number of benzene rings is 2. The van der Waals surface area contributed by atoms with Gasteiger partial charge in [0, 0.05) is 22.4 Å². The Hall–Kier alpha value is -2.12. The first kappa shape index (κ1) is 13.8. The highest BCUT2D eigenvalue weighted by atomic mass is 32.2. The Morgan fingerprint density at radius 1 is 1.19 bits per heavy atom. The molecule has 3 nitrogen and oxygen atoms in total. The molecule has 1 heterocycles. The fourth-order valence-electron chi connectivity index (χ4n) is 2.45. The van der Waals surface area contributed by atoms with E-state index < -0.39 is 0 Å². The maximum Gasteiger partial charge on any atom is 0.121 e. The Morgan fingerprint density at radius 3 is 2.71 bits per heavy atom. The summed E-state index contributed by atoms with van der Waals surface area (Å²) in [5.41, 5.74) is 2.27. The number of anilines is 2. The predicted molar refractivity (Wildman–Crippen MR) is 85.3 cm³/mol. The molecule has 1 aliphatic rings. The number of rotatable bonds is 3. The summed E-state index contributed by atoms with van der Waals surface area (Å²) < 4.78 is 5.35. The molecule has 0 spiro atoms. The second kappa shape index (κ2) is 5.71. The summed E-state index contributed by atoms with van der Waals surface area (Å²) in [5.74, 6) is 0.795. The third-order valence-corrected chi connectivity index (χ3v) is 4.64. The molecule has 0 bridgehead atoms. The zero-order valence-electron chi connectivity index (χ0n) is 12.0. The van der Waals surface area contributed by atoms with Gasteiger partial charge in [-0.25, -0.2) is 0 Å². The topological polar surface area (TPSA) is 36.3 Å². The van der Waals surface area contributed by atoms with Gasteiger partial charge in [-0.3, -0.25) is 0 Å². The van der Waals surface area contributed by atoms with Gasteiger partial charge in [0.25, 0.3) is 0 Å². The molecule has 106 valence electrons. The van der Waals surface area contributed by atoms with Crippen LogP contribution in [0.4, 0.5) is 11.4 Å². The normalized spacial score (nSPS) is 13.9. The molecule has 0 saturated heterocycles. The van der Waals surface area contributed by atoms with Gasteiger partial charge in [-0.15, -0.1) is 0 Å². The third kappa shape index (κ3) is 2.57. The van der Waals surface area contributed by atoms with Gasteiger partial charge in [0.15, 0.2) is 0 Å². The molecule has 21 heavy (non-hydrogen) atoms. The number of fused-ring (bicyclic) bond motifs is 2. The van der Waals surface area contributed by atoms with Gasteiger partial charge in [0.05, 0.1) is 30.5 Å². The van der Waals surface area contributed by atoms with Crippen molar-refractivity contribution in [1.29, 1.82) is 5.26 Å². The van der Waals surface area contributed by atoms with Gasteiger partial charge in [-0.05, 0) is 31.2 Å².